The maximum atomic E-state index is 11.1. The average Bonchev–Trinajstić information content (AvgIpc) is 2.39. The predicted octanol–water partition coefficient (Wildman–Crippen LogP) is 2.81. The summed E-state index contributed by atoms with van der Waals surface area (Å²) in [6.07, 6.45) is 3.04. The highest BCUT2D eigenvalue weighted by Crippen LogP contribution is 2.32. The number of carbonyl (C=O) groups excluding carboxylic acids is 1. The molecular formula is C13H16BrN3O3. The number of rotatable bonds is 4. The monoisotopic (exact) mass is 341 g/mol. The van der Waals surface area contributed by atoms with Crippen LogP contribution in [-0.2, 0) is 4.79 Å². The van der Waals surface area contributed by atoms with Gasteiger partial charge in [-0.25, -0.2) is 0 Å². The summed E-state index contributed by atoms with van der Waals surface area (Å²) in [6, 6.07) is 4.96. The topological polar surface area (TPSA) is 98.3 Å². The number of nitrogens with zero attached hydrogens (tertiary/aromatic N) is 1. The molecule has 0 spiro atoms. The number of benzene rings is 1. The first-order valence-corrected chi connectivity index (χ1v) is 7.26. The van der Waals surface area contributed by atoms with E-state index in [-0.39, 0.29) is 23.6 Å². The third-order valence-electron chi connectivity index (χ3n) is 3.64. The highest BCUT2D eigenvalue weighted by atomic mass is 79.9. The number of halogens is 1. The van der Waals surface area contributed by atoms with Crippen LogP contribution in [0.15, 0.2) is 22.7 Å². The Kier molecular flexibility index (Phi) is 4.59. The fourth-order valence-corrected chi connectivity index (χ4v) is 2.89. The van der Waals surface area contributed by atoms with Crippen molar-refractivity contribution in [3.8, 4) is 0 Å². The molecule has 0 radical (unpaired) electrons. The number of anilines is 1. The molecule has 7 heteroatoms. The van der Waals surface area contributed by atoms with Crippen molar-refractivity contribution in [2.45, 2.75) is 31.7 Å². The molecule has 1 saturated carbocycles. The number of nitrogens with one attached hydrogen (secondary N) is 1. The van der Waals surface area contributed by atoms with E-state index in [2.05, 4.69) is 21.2 Å². The molecule has 0 saturated heterocycles. The summed E-state index contributed by atoms with van der Waals surface area (Å²) in [7, 11) is 0. The third kappa shape index (κ3) is 3.47. The Morgan fingerprint density at radius 1 is 1.35 bits per heavy atom. The number of carbonyl (C=O) groups is 1. The normalized spacial score (nSPS) is 22.2. The Labute approximate surface area is 125 Å². The molecule has 108 valence electrons. The summed E-state index contributed by atoms with van der Waals surface area (Å²) in [4.78, 5) is 21.7. The van der Waals surface area contributed by atoms with Crippen molar-refractivity contribution in [3.05, 3.63) is 32.8 Å². The van der Waals surface area contributed by atoms with Crippen LogP contribution >= 0.6 is 15.9 Å². The molecule has 0 aromatic heterocycles. The van der Waals surface area contributed by atoms with Gasteiger partial charge in [-0.15, -0.1) is 0 Å². The van der Waals surface area contributed by atoms with Gasteiger partial charge in [0.25, 0.3) is 5.69 Å². The van der Waals surface area contributed by atoms with Crippen LogP contribution < -0.4 is 11.1 Å². The van der Waals surface area contributed by atoms with Crippen LogP contribution in [0, 0.1) is 16.0 Å². The Bertz CT molecular complexity index is 528. The number of nitro benzene ring substituents is 1. The van der Waals surface area contributed by atoms with Crippen molar-refractivity contribution in [1.82, 2.24) is 0 Å². The van der Waals surface area contributed by atoms with Crippen molar-refractivity contribution in [3.63, 3.8) is 0 Å². The fourth-order valence-electron chi connectivity index (χ4n) is 2.53. The minimum atomic E-state index is -0.399. The van der Waals surface area contributed by atoms with Crippen LogP contribution in [0.25, 0.3) is 0 Å². The molecule has 6 nitrogen and oxygen atoms in total. The number of nitro groups is 1. The molecule has 0 bridgehead atoms. The third-order valence-corrected chi connectivity index (χ3v) is 4.14. The lowest BCUT2D eigenvalue weighted by atomic mass is 9.85. The molecule has 0 heterocycles. The van der Waals surface area contributed by atoms with E-state index >= 15 is 0 Å². The molecule has 1 fully saturated rings. The summed E-state index contributed by atoms with van der Waals surface area (Å²) in [5, 5.41) is 14.2. The van der Waals surface area contributed by atoms with Crippen molar-refractivity contribution in [1.29, 1.82) is 0 Å². The van der Waals surface area contributed by atoms with Crippen LogP contribution in [0.4, 0.5) is 11.4 Å². The Morgan fingerprint density at radius 3 is 2.55 bits per heavy atom. The summed E-state index contributed by atoms with van der Waals surface area (Å²) in [5.41, 5.74) is 5.86. The van der Waals surface area contributed by atoms with E-state index in [0.29, 0.717) is 5.69 Å². The van der Waals surface area contributed by atoms with Gasteiger partial charge in [0.1, 0.15) is 5.69 Å². The van der Waals surface area contributed by atoms with Crippen LogP contribution in [0.2, 0.25) is 0 Å². The van der Waals surface area contributed by atoms with Crippen LogP contribution in [0.5, 0.6) is 0 Å². The Balaban J connectivity index is 2.06. The van der Waals surface area contributed by atoms with Gasteiger partial charge < -0.3 is 11.1 Å². The smallest absolute Gasteiger partial charge is 0.292 e. The van der Waals surface area contributed by atoms with Gasteiger partial charge in [-0.05, 0) is 37.8 Å². The lowest BCUT2D eigenvalue weighted by molar-refractivity contribution is -0.384. The van der Waals surface area contributed by atoms with E-state index < -0.39 is 4.92 Å². The lowest BCUT2D eigenvalue weighted by Crippen LogP contribution is -2.32. The van der Waals surface area contributed by atoms with Crippen molar-refractivity contribution >= 4 is 33.2 Å². The molecule has 1 aromatic carbocycles. The second kappa shape index (κ2) is 6.21. The van der Waals surface area contributed by atoms with E-state index in [4.69, 9.17) is 5.73 Å². The molecule has 1 aliphatic carbocycles. The zero-order valence-corrected chi connectivity index (χ0v) is 12.4. The summed E-state index contributed by atoms with van der Waals surface area (Å²) in [5.74, 6) is -0.317. The molecule has 0 atom stereocenters. The van der Waals surface area contributed by atoms with Gasteiger partial charge in [0.2, 0.25) is 5.91 Å². The number of primary amides is 1. The van der Waals surface area contributed by atoms with Gasteiger partial charge in [0, 0.05) is 22.5 Å². The molecule has 1 aliphatic rings. The van der Waals surface area contributed by atoms with Crippen molar-refractivity contribution < 1.29 is 9.72 Å². The first-order valence-electron chi connectivity index (χ1n) is 6.47. The Hall–Kier alpha value is -1.63. The standard InChI is InChI=1S/C13H16BrN3O3/c14-9-3-6-12(17(19)20)11(7-9)16-10-4-1-8(2-5-10)13(15)18/h3,6-8,10,16H,1-2,4-5H2,(H2,15,18). The van der Waals surface area contributed by atoms with E-state index in [0.717, 1.165) is 30.2 Å². The van der Waals surface area contributed by atoms with E-state index in [1.54, 1.807) is 12.1 Å². The van der Waals surface area contributed by atoms with Crippen LogP contribution in [-0.4, -0.2) is 16.9 Å². The largest absolute Gasteiger partial charge is 0.377 e. The second-order valence-corrected chi connectivity index (χ2v) is 5.93. The quantitative estimate of drug-likeness (QED) is 0.649. The molecule has 20 heavy (non-hydrogen) atoms. The van der Waals surface area contributed by atoms with Crippen LogP contribution in [0.3, 0.4) is 0 Å². The maximum absolute atomic E-state index is 11.1. The summed E-state index contributed by atoms with van der Waals surface area (Å²) >= 11 is 3.32. The van der Waals surface area contributed by atoms with Gasteiger partial charge >= 0.3 is 0 Å². The second-order valence-electron chi connectivity index (χ2n) is 5.01. The van der Waals surface area contributed by atoms with Gasteiger partial charge in [-0.2, -0.15) is 0 Å². The highest BCUT2D eigenvalue weighted by Gasteiger charge is 2.26. The molecule has 0 aliphatic heterocycles. The summed E-state index contributed by atoms with van der Waals surface area (Å²) in [6.45, 7) is 0. The molecule has 1 amide bonds. The number of hydrogen-bond acceptors (Lipinski definition) is 4. The average molecular weight is 342 g/mol. The van der Waals surface area contributed by atoms with Crippen molar-refractivity contribution in [2.24, 2.45) is 11.7 Å². The lowest BCUT2D eigenvalue weighted by Gasteiger charge is -2.28. The zero-order chi connectivity index (χ0) is 14.7. The van der Waals surface area contributed by atoms with Gasteiger partial charge in [0.05, 0.1) is 4.92 Å². The minimum absolute atomic E-state index is 0.0604. The first kappa shape index (κ1) is 14.8. The van der Waals surface area contributed by atoms with Gasteiger partial charge in [0.15, 0.2) is 0 Å². The highest BCUT2D eigenvalue weighted by molar-refractivity contribution is 9.10. The number of hydrogen-bond donors (Lipinski definition) is 2. The molecule has 3 N–H and O–H groups in total. The van der Waals surface area contributed by atoms with E-state index in [1.165, 1.54) is 6.07 Å². The van der Waals surface area contributed by atoms with E-state index in [1.807, 2.05) is 0 Å². The van der Waals surface area contributed by atoms with Crippen LogP contribution in [0.1, 0.15) is 25.7 Å². The molecule has 1 aromatic rings. The van der Waals surface area contributed by atoms with Gasteiger partial charge in [-0.1, -0.05) is 15.9 Å². The first-order chi connectivity index (χ1) is 9.47. The maximum Gasteiger partial charge on any atom is 0.292 e. The molecule has 0 unspecified atom stereocenters. The van der Waals surface area contributed by atoms with Gasteiger partial charge in [-0.3, -0.25) is 14.9 Å². The summed E-state index contributed by atoms with van der Waals surface area (Å²) < 4.78 is 0.788. The Morgan fingerprint density at radius 2 is 2.00 bits per heavy atom. The number of amides is 1. The molecule has 2 rings (SSSR count). The predicted molar refractivity (Wildman–Crippen MR) is 79.4 cm³/mol. The fraction of sp³-hybridized carbons (Fsp3) is 0.462. The van der Waals surface area contributed by atoms with Crippen molar-refractivity contribution in [2.75, 3.05) is 5.32 Å². The number of nitrogens with two attached hydrogens (primary N) is 1. The SMILES string of the molecule is NC(=O)C1CCC(Nc2cc(Br)ccc2[N+](=O)[O-])CC1. The minimum Gasteiger partial charge on any atom is -0.377 e. The zero-order valence-electron chi connectivity index (χ0n) is 10.8. The molecular weight excluding hydrogens is 326 g/mol. The van der Waals surface area contributed by atoms with E-state index in [9.17, 15) is 14.9 Å².